The van der Waals surface area contributed by atoms with Gasteiger partial charge in [-0.05, 0) is 19.0 Å². The number of hydrogen-bond donors (Lipinski definition) is 1. The standard InChI is InChI=1S/C11H12N4O4S/c1-4-18-10(17)8-14-9(19-15-8)7-5(2)12-11(20-7)13-6(3)16/h4H2,1-3H3,(H,12,13,16). The first kappa shape index (κ1) is 14.1. The molecule has 1 amide bonds. The van der Waals surface area contributed by atoms with E-state index in [0.29, 0.717) is 15.7 Å². The van der Waals surface area contributed by atoms with Gasteiger partial charge in [-0.1, -0.05) is 11.3 Å². The summed E-state index contributed by atoms with van der Waals surface area (Å²) in [4.78, 5) is 31.1. The van der Waals surface area contributed by atoms with Gasteiger partial charge in [0.25, 0.3) is 11.7 Å². The Kier molecular flexibility index (Phi) is 4.08. The number of nitrogens with one attached hydrogen (secondary N) is 1. The second-order valence-corrected chi connectivity index (χ2v) is 4.76. The van der Waals surface area contributed by atoms with Crippen LogP contribution in [0.1, 0.15) is 30.2 Å². The molecule has 0 saturated heterocycles. The number of anilines is 1. The van der Waals surface area contributed by atoms with Gasteiger partial charge in [-0.15, -0.1) is 0 Å². The Labute approximate surface area is 118 Å². The number of thiazole rings is 1. The van der Waals surface area contributed by atoms with Gasteiger partial charge in [0.1, 0.15) is 4.88 Å². The summed E-state index contributed by atoms with van der Waals surface area (Å²) in [6.45, 7) is 5.05. The van der Waals surface area contributed by atoms with Crippen LogP contribution < -0.4 is 5.32 Å². The summed E-state index contributed by atoms with van der Waals surface area (Å²) in [7, 11) is 0. The van der Waals surface area contributed by atoms with E-state index in [1.54, 1.807) is 13.8 Å². The first-order valence-electron chi connectivity index (χ1n) is 5.77. The molecule has 0 aliphatic rings. The Bertz CT molecular complexity index is 649. The molecule has 0 aromatic carbocycles. The molecule has 20 heavy (non-hydrogen) atoms. The number of hydrogen-bond acceptors (Lipinski definition) is 8. The SMILES string of the molecule is CCOC(=O)c1noc(-c2sc(NC(C)=O)nc2C)n1. The van der Waals surface area contributed by atoms with Gasteiger partial charge in [0.15, 0.2) is 5.13 Å². The molecule has 0 fully saturated rings. The van der Waals surface area contributed by atoms with Gasteiger partial charge in [-0.25, -0.2) is 9.78 Å². The van der Waals surface area contributed by atoms with Gasteiger partial charge < -0.3 is 14.6 Å². The molecule has 0 bridgehead atoms. The maximum atomic E-state index is 11.4. The average molecular weight is 296 g/mol. The van der Waals surface area contributed by atoms with Gasteiger partial charge in [0.05, 0.1) is 12.3 Å². The molecule has 9 heteroatoms. The van der Waals surface area contributed by atoms with Crippen LogP contribution in [0.2, 0.25) is 0 Å². The Hall–Kier alpha value is -2.29. The molecule has 1 N–H and O–H groups in total. The minimum Gasteiger partial charge on any atom is -0.460 e. The Morgan fingerprint density at radius 3 is 2.80 bits per heavy atom. The van der Waals surface area contributed by atoms with Crippen LogP contribution in [0.25, 0.3) is 10.8 Å². The lowest BCUT2D eigenvalue weighted by atomic mass is 10.4. The van der Waals surface area contributed by atoms with Gasteiger partial charge in [-0.3, -0.25) is 4.79 Å². The van der Waals surface area contributed by atoms with Crippen molar-refractivity contribution in [3.63, 3.8) is 0 Å². The van der Waals surface area contributed by atoms with Crippen LogP contribution >= 0.6 is 11.3 Å². The Morgan fingerprint density at radius 2 is 2.15 bits per heavy atom. The van der Waals surface area contributed by atoms with Crippen molar-refractivity contribution in [3.8, 4) is 10.8 Å². The number of carbonyl (C=O) groups is 2. The summed E-state index contributed by atoms with van der Waals surface area (Å²) >= 11 is 1.19. The van der Waals surface area contributed by atoms with Crippen LogP contribution in [0.3, 0.4) is 0 Å². The number of carbonyl (C=O) groups excluding carboxylic acids is 2. The molecule has 106 valence electrons. The summed E-state index contributed by atoms with van der Waals surface area (Å²) in [6.07, 6.45) is 0. The lowest BCUT2D eigenvalue weighted by Gasteiger charge is -1.93. The van der Waals surface area contributed by atoms with E-state index >= 15 is 0 Å². The molecule has 0 radical (unpaired) electrons. The molecule has 0 saturated carbocycles. The summed E-state index contributed by atoms with van der Waals surface area (Å²) < 4.78 is 9.79. The van der Waals surface area contributed by atoms with E-state index in [1.807, 2.05) is 0 Å². The first-order valence-corrected chi connectivity index (χ1v) is 6.59. The largest absolute Gasteiger partial charge is 0.460 e. The highest BCUT2D eigenvalue weighted by Gasteiger charge is 2.20. The van der Waals surface area contributed by atoms with Crippen molar-refractivity contribution >= 4 is 28.3 Å². The maximum Gasteiger partial charge on any atom is 0.379 e. The zero-order valence-electron chi connectivity index (χ0n) is 11.1. The maximum absolute atomic E-state index is 11.4. The van der Waals surface area contributed by atoms with Crippen LogP contribution in [-0.4, -0.2) is 33.6 Å². The number of aromatic nitrogens is 3. The molecule has 0 aliphatic carbocycles. The van der Waals surface area contributed by atoms with Crippen LogP contribution in [0.5, 0.6) is 0 Å². The number of amides is 1. The van der Waals surface area contributed by atoms with Crippen LogP contribution in [0, 0.1) is 6.92 Å². The predicted octanol–water partition coefficient (Wildman–Crippen LogP) is 1.64. The van der Waals surface area contributed by atoms with E-state index in [2.05, 4.69) is 20.4 Å². The zero-order valence-corrected chi connectivity index (χ0v) is 11.9. The van der Waals surface area contributed by atoms with Crippen molar-refractivity contribution in [3.05, 3.63) is 11.5 Å². The molecule has 0 aliphatic heterocycles. The third-order valence-electron chi connectivity index (χ3n) is 2.16. The highest BCUT2D eigenvalue weighted by atomic mass is 32.1. The Balaban J connectivity index is 2.26. The lowest BCUT2D eigenvalue weighted by Crippen LogP contribution is -2.06. The number of aryl methyl sites for hydroxylation is 1. The second kappa shape index (κ2) is 5.78. The van der Waals surface area contributed by atoms with Crippen molar-refractivity contribution in [2.24, 2.45) is 0 Å². The van der Waals surface area contributed by atoms with Gasteiger partial charge in [0, 0.05) is 6.92 Å². The lowest BCUT2D eigenvalue weighted by molar-refractivity contribution is -0.114. The highest BCUT2D eigenvalue weighted by Crippen LogP contribution is 2.31. The average Bonchev–Trinajstić information content (AvgIpc) is 2.95. The third kappa shape index (κ3) is 2.99. The van der Waals surface area contributed by atoms with E-state index in [9.17, 15) is 9.59 Å². The van der Waals surface area contributed by atoms with Gasteiger partial charge in [0.2, 0.25) is 5.91 Å². The van der Waals surface area contributed by atoms with E-state index < -0.39 is 5.97 Å². The molecule has 2 aromatic rings. The normalized spacial score (nSPS) is 10.3. The zero-order chi connectivity index (χ0) is 14.7. The van der Waals surface area contributed by atoms with Crippen molar-refractivity contribution in [1.82, 2.24) is 15.1 Å². The monoisotopic (exact) mass is 296 g/mol. The van der Waals surface area contributed by atoms with E-state index in [0.717, 1.165) is 0 Å². The Morgan fingerprint density at radius 1 is 1.40 bits per heavy atom. The summed E-state index contributed by atoms with van der Waals surface area (Å²) in [5, 5.41) is 6.56. The van der Waals surface area contributed by atoms with Crippen LogP contribution in [-0.2, 0) is 9.53 Å². The van der Waals surface area contributed by atoms with Crippen LogP contribution in [0.15, 0.2) is 4.52 Å². The molecular weight excluding hydrogens is 284 g/mol. The summed E-state index contributed by atoms with van der Waals surface area (Å²) in [6, 6.07) is 0. The fraction of sp³-hybridized carbons (Fsp3) is 0.364. The van der Waals surface area contributed by atoms with Crippen molar-refractivity contribution < 1.29 is 18.8 Å². The topological polar surface area (TPSA) is 107 Å². The quantitative estimate of drug-likeness (QED) is 0.854. The predicted molar refractivity (Wildman–Crippen MR) is 70.4 cm³/mol. The highest BCUT2D eigenvalue weighted by molar-refractivity contribution is 7.19. The first-order chi connectivity index (χ1) is 9.51. The van der Waals surface area contributed by atoms with E-state index in [-0.39, 0.29) is 24.2 Å². The number of esters is 1. The molecule has 2 aromatic heterocycles. The fourth-order valence-corrected chi connectivity index (χ4v) is 2.33. The minimum atomic E-state index is -0.647. The molecule has 0 spiro atoms. The van der Waals surface area contributed by atoms with Crippen LogP contribution in [0.4, 0.5) is 5.13 Å². The number of nitrogens with zero attached hydrogens (tertiary/aromatic N) is 3. The molecule has 2 rings (SSSR count). The van der Waals surface area contributed by atoms with Gasteiger partial charge >= 0.3 is 5.97 Å². The van der Waals surface area contributed by atoms with Crippen molar-refractivity contribution in [1.29, 1.82) is 0 Å². The van der Waals surface area contributed by atoms with E-state index in [1.165, 1.54) is 18.3 Å². The summed E-state index contributed by atoms with van der Waals surface area (Å²) in [5.41, 5.74) is 0.623. The van der Waals surface area contributed by atoms with Crippen molar-refractivity contribution in [2.45, 2.75) is 20.8 Å². The molecule has 0 atom stereocenters. The van der Waals surface area contributed by atoms with Gasteiger partial charge in [-0.2, -0.15) is 4.98 Å². The van der Waals surface area contributed by atoms with Crippen molar-refractivity contribution in [2.75, 3.05) is 11.9 Å². The smallest absolute Gasteiger partial charge is 0.379 e. The molecular formula is C11H12N4O4S. The minimum absolute atomic E-state index is 0.143. The number of rotatable bonds is 4. The fourth-order valence-electron chi connectivity index (χ4n) is 1.39. The third-order valence-corrected chi connectivity index (χ3v) is 3.22. The molecule has 8 nitrogen and oxygen atoms in total. The second-order valence-electron chi connectivity index (χ2n) is 3.76. The molecule has 2 heterocycles. The number of ether oxygens (including phenoxy) is 1. The molecule has 0 unspecified atom stereocenters. The summed E-state index contributed by atoms with van der Waals surface area (Å²) in [5.74, 6) is -0.842. The van der Waals surface area contributed by atoms with E-state index in [4.69, 9.17) is 9.26 Å².